The summed E-state index contributed by atoms with van der Waals surface area (Å²) in [6.07, 6.45) is 2.51. The van der Waals surface area contributed by atoms with Crippen LogP contribution in [0, 0.1) is 0 Å². The van der Waals surface area contributed by atoms with Crippen molar-refractivity contribution in [1.82, 2.24) is 9.80 Å². The minimum Gasteiger partial charge on any atom is -0.349 e. The molecule has 0 bridgehead atoms. The fraction of sp³-hybridized carbons (Fsp3) is 0.700. The van der Waals surface area contributed by atoms with Crippen molar-refractivity contribution in [2.75, 3.05) is 27.7 Å². The average molecular weight is 198 g/mol. The Labute approximate surface area is 87.1 Å². The number of aliphatic imine (C=N–C) groups is 1. The van der Waals surface area contributed by atoms with Crippen LogP contribution < -0.4 is 5.73 Å². The summed E-state index contributed by atoms with van der Waals surface area (Å²) in [6, 6.07) is 0.226. The summed E-state index contributed by atoms with van der Waals surface area (Å²) in [6.45, 7) is 6.51. The first-order valence-corrected chi connectivity index (χ1v) is 4.81. The van der Waals surface area contributed by atoms with Gasteiger partial charge < -0.3 is 15.5 Å². The zero-order valence-electron chi connectivity index (χ0n) is 9.70. The Balaban J connectivity index is 4.23. The van der Waals surface area contributed by atoms with Crippen LogP contribution in [0.4, 0.5) is 0 Å². The summed E-state index contributed by atoms with van der Waals surface area (Å²) in [7, 11) is 5.93. The van der Waals surface area contributed by atoms with Gasteiger partial charge in [-0.15, -0.1) is 0 Å². The van der Waals surface area contributed by atoms with Gasteiger partial charge in [0.05, 0.1) is 0 Å². The molecule has 0 aromatic heterocycles. The zero-order valence-corrected chi connectivity index (χ0v) is 9.70. The van der Waals surface area contributed by atoms with Crippen LogP contribution in [0.5, 0.6) is 0 Å². The molecular weight excluding hydrogens is 176 g/mol. The van der Waals surface area contributed by atoms with Gasteiger partial charge in [-0.25, -0.2) is 4.99 Å². The Hall–Kier alpha value is -1.03. The number of hydrogen-bond acceptors (Lipinski definition) is 2. The van der Waals surface area contributed by atoms with E-state index >= 15 is 0 Å². The molecule has 0 aliphatic carbocycles. The van der Waals surface area contributed by atoms with Crippen molar-refractivity contribution in [3.05, 3.63) is 12.8 Å². The second-order valence-corrected chi connectivity index (χ2v) is 3.69. The van der Waals surface area contributed by atoms with E-state index in [2.05, 4.69) is 16.5 Å². The summed E-state index contributed by atoms with van der Waals surface area (Å²) in [5.41, 5.74) is 5.69. The molecular formula is C10H22N4. The number of nitrogens with zero attached hydrogens (tertiary/aromatic N) is 3. The van der Waals surface area contributed by atoms with Gasteiger partial charge in [-0.1, -0.05) is 6.58 Å². The summed E-state index contributed by atoms with van der Waals surface area (Å²) in [5, 5.41) is 0. The third-order valence-electron chi connectivity index (χ3n) is 1.87. The number of hydrogen-bond donors (Lipinski definition) is 1. The molecule has 2 N–H and O–H groups in total. The first-order chi connectivity index (χ1) is 6.49. The first kappa shape index (κ1) is 13.0. The van der Waals surface area contributed by atoms with Gasteiger partial charge in [0.1, 0.15) is 0 Å². The lowest BCUT2D eigenvalue weighted by molar-refractivity contribution is 0.405. The standard InChI is InChI=1S/C10H22N4/c1-6-12-10(13(3)4)14(5)8-7-9(2)11/h6,9H,1,7-8,11H2,2-5H3/b12-10+. The molecule has 0 aliphatic rings. The van der Waals surface area contributed by atoms with E-state index in [-0.39, 0.29) is 6.04 Å². The van der Waals surface area contributed by atoms with Crippen LogP contribution in [0.3, 0.4) is 0 Å². The minimum atomic E-state index is 0.226. The van der Waals surface area contributed by atoms with Crippen LogP contribution in [0.25, 0.3) is 0 Å². The molecule has 0 saturated carbocycles. The lowest BCUT2D eigenvalue weighted by atomic mass is 10.2. The summed E-state index contributed by atoms with van der Waals surface area (Å²) in [4.78, 5) is 8.23. The summed E-state index contributed by atoms with van der Waals surface area (Å²) in [5.74, 6) is 0.903. The molecule has 4 nitrogen and oxygen atoms in total. The van der Waals surface area contributed by atoms with Gasteiger partial charge in [0, 0.05) is 39.9 Å². The Morgan fingerprint density at radius 2 is 2.07 bits per heavy atom. The van der Waals surface area contributed by atoms with Gasteiger partial charge in [-0.3, -0.25) is 0 Å². The molecule has 1 atom stereocenters. The Kier molecular flexibility index (Phi) is 5.95. The van der Waals surface area contributed by atoms with E-state index in [1.165, 1.54) is 0 Å². The Morgan fingerprint density at radius 3 is 2.43 bits per heavy atom. The second kappa shape index (κ2) is 6.43. The topological polar surface area (TPSA) is 44.9 Å². The fourth-order valence-corrected chi connectivity index (χ4v) is 1.13. The van der Waals surface area contributed by atoms with E-state index in [1.54, 1.807) is 6.20 Å². The summed E-state index contributed by atoms with van der Waals surface area (Å²) < 4.78 is 0. The van der Waals surface area contributed by atoms with Gasteiger partial charge in [0.15, 0.2) is 5.96 Å². The fourth-order valence-electron chi connectivity index (χ4n) is 1.13. The normalized spacial score (nSPS) is 13.6. The molecule has 0 rings (SSSR count). The maximum Gasteiger partial charge on any atom is 0.200 e. The van der Waals surface area contributed by atoms with Crippen LogP contribution in [0.1, 0.15) is 13.3 Å². The van der Waals surface area contributed by atoms with E-state index in [0.29, 0.717) is 0 Å². The lowest BCUT2D eigenvalue weighted by Gasteiger charge is -2.26. The van der Waals surface area contributed by atoms with E-state index in [1.807, 2.05) is 33.0 Å². The summed E-state index contributed by atoms with van der Waals surface area (Å²) >= 11 is 0. The monoisotopic (exact) mass is 198 g/mol. The molecule has 0 saturated heterocycles. The van der Waals surface area contributed by atoms with Crippen molar-refractivity contribution in [3.8, 4) is 0 Å². The smallest absolute Gasteiger partial charge is 0.200 e. The Bertz CT molecular complexity index is 196. The maximum atomic E-state index is 5.69. The minimum absolute atomic E-state index is 0.226. The predicted octanol–water partition coefficient (Wildman–Crippen LogP) is 0.717. The van der Waals surface area contributed by atoms with Crippen molar-refractivity contribution in [2.24, 2.45) is 10.7 Å². The molecule has 0 aliphatic heterocycles. The average Bonchev–Trinajstić information content (AvgIpc) is 2.09. The quantitative estimate of drug-likeness (QED) is 0.534. The van der Waals surface area contributed by atoms with Crippen molar-refractivity contribution in [3.63, 3.8) is 0 Å². The highest BCUT2D eigenvalue weighted by Gasteiger charge is 2.08. The van der Waals surface area contributed by atoms with Crippen molar-refractivity contribution in [1.29, 1.82) is 0 Å². The number of guanidine groups is 1. The predicted molar refractivity (Wildman–Crippen MR) is 62.2 cm³/mol. The molecule has 0 fully saturated rings. The van der Waals surface area contributed by atoms with Gasteiger partial charge in [-0.05, 0) is 13.3 Å². The van der Waals surface area contributed by atoms with Crippen LogP contribution in [0.2, 0.25) is 0 Å². The Morgan fingerprint density at radius 1 is 1.50 bits per heavy atom. The van der Waals surface area contributed by atoms with Crippen LogP contribution in [0.15, 0.2) is 17.8 Å². The molecule has 0 spiro atoms. The van der Waals surface area contributed by atoms with E-state index < -0.39 is 0 Å². The molecule has 0 heterocycles. The van der Waals surface area contributed by atoms with E-state index in [0.717, 1.165) is 18.9 Å². The highest BCUT2D eigenvalue weighted by molar-refractivity contribution is 5.79. The van der Waals surface area contributed by atoms with Crippen molar-refractivity contribution in [2.45, 2.75) is 19.4 Å². The highest BCUT2D eigenvalue weighted by atomic mass is 15.3. The molecule has 0 aromatic carbocycles. The van der Waals surface area contributed by atoms with Crippen LogP contribution >= 0.6 is 0 Å². The van der Waals surface area contributed by atoms with Gasteiger partial charge in [0.25, 0.3) is 0 Å². The van der Waals surface area contributed by atoms with Crippen molar-refractivity contribution >= 4 is 5.96 Å². The van der Waals surface area contributed by atoms with Crippen LogP contribution in [-0.4, -0.2) is 49.5 Å². The largest absolute Gasteiger partial charge is 0.349 e. The van der Waals surface area contributed by atoms with Gasteiger partial charge in [0.2, 0.25) is 0 Å². The number of nitrogens with two attached hydrogens (primary N) is 1. The van der Waals surface area contributed by atoms with E-state index in [4.69, 9.17) is 5.73 Å². The molecule has 82 valence electrons. The molecule has 1 unspecified atom stereocenters. The molecule has 14 heavy (non-hydrogen) atoms. The molecule has 4 heteroatoms. The van der Waals surface area contributed by atoms with Crippen molar-refractivity contribution < 1.29 is 0 Å². The molecule has 0 radical (unpaired) electrons. The van der Waals surface area contributed by atoms with Crippen LogP contribution in [-0.2, 0) is 0 Å². The van der Waals surface area contributed by atoms with Gasteiger partial charge in [-0.2, -0.15) is 0 Å². The molecule has 0 amide bonds. The van der Waals surface area contributed by atoms with E-state index in [9.17, 15) is 0 Å². The molecule has 0 aromatic rings. The maximum absolute atomic E-state index is 5.69. The first-order valence-electron chi connectivity index (χ1n) is 4.81. The number of rotatable bonds is 4. The SMILES string of the molecule is C=C/N=C(\N(C)C)N(C)CCC(C)N. The third kappa shape index (κ3) is 4.87. The van der Waals surface area contributed by atoms with Gasteiger partial charge >= 0.3 is 0 Å². The third-order valence-corrected chi connectivity index (χ3v) is 1.87. The highest BCUT2D eigenvalue weighted by Crippen LogP contribution is 1.96. The second-order valence-electron chi connectivity index (χ2n) is 3.69. The zero-order chi connectivity index (χ0) is 11.1. The lowest BCUT2D eigenvalue weighted by Crippen LogP contribution is -2.39.